The van der Waals surface area contributed by atoms with Gasteiger partial charge in [0, 0.05) is 13.1 Å². The van der Waals surface area contributed by atoms with Gasteiger partial charge >= 0.3 is 20.6 Å². The highest BCUT2D eigenvalue weighted by Gasteiger charge is 2.30. The maximum Gasteiger partial charge on any atom is 0.351 e. The second-order valence-corrected chi connectivity index (χ2v) is 5.88. The van der Waals surface area contributed by atoms with E-state index in [1.54, 1.807) is 4.90 Å². The van der Waals surface area contributed by atoms with E-state index in [1.165, 1.54) is 0 Å². The van der Waals surface area contributed by atoms with Crippen molar-refractivity contribution in [3.8, 4) is 0 Å². The highest BCUT2D eigenvalue weighted by Crippen LogP contribution is 2.04. The Kier molecular flexibility index (Phi) is 5.79. The smallest absolute Gasteiger partial charge is 0.303 e. The number of rotatable bonds is 7. The largest absolute Gasteiger partial charge is 0.351 e. The van der Waals surface area contributed by atoms with Crippen molar-refractivity contribution in [3.05, 3.63) is 0 Å². The third-order valence-electron chi connectivity index (χ3n) is 2.01. The van der Waals surface area contributed by atoms with Gasteiger partial charge in [-0.1, -0.05) is 13.8 Å². The zero-order chi connectivity index (χ0) is 13.0. The topological polar surface area (TPSA) is 115 Å². The molecular formula is C6H16N2O6S2. The van der Waals surface area contributed by atoms with E-state index in [9.17, 15) is 16.8 Å². The molecule has 2 N–H and O–H groups in total. The molecule has 0 unspecified atom stereocenters. The van der Waals surface area contributed by atoms with Crippen LogP contribution in [0.2, 0.25) is 0 Å². The van der Waals surface area contributed by atoms with Gasteiger partial charge < -0.3 is 4.90 Å². The molecule has 0 heterocycles. The first-order valence-electron chi connectivity index (χ1n) is 4.58. The van der Waals surface area contributed by atoms with Crippen LogP contribution in [0.4, 0.5) is 0 Å². The lowest BCUT2D eigenvalue weighted by atomic mass is 10.5. The van der Waals surface area contributed by atoms with Crippen LogP contribution in [0.3, 0.4) is 0 Å². The van der Waals surface area contributed by atoms with Gasteiger partial charge in [-0.05, 0) is 16.8 Å². The van der Waals surface area contributed by atoms with E-state index in [0.717, 1.165) is 0 Å². The maximum atomic E-state index is 10.7. The van der Waals surface area contributed by atoms with Gasteiger partial charge in [0.1, 0.15) is 0 Å². The molecule has 0 amide bonds. The van der Waals surface area contributed by atoms with E-state index in [-0.39, 0.29) is 10.3 Å². The van der Waals surface area contributed by atoms with Gasteiger partial charge in [0.05, 0.1) is 0 Å². The SMILES string of the molecule is CCN(CC)CCN(S(=O)(=O)O)S(=O)(=O)O. The molecule has 0 rings (SSSR count). The van der Waals surface area contributed by atoms with Crippen molar-refractivity contribution < 1.29 is 25.9 Å². The molecule has 16 heavy (non-hydrogen) atoms. The third-order valence-corrected chi connectivity index (χ3v) is 4.53. The van der Waals surface area contributed by atoms with Crippen molar-refractivity contribution >= 4 is 20.6 Å². The fourth-order valence-electron chi connectivity index (χ4n) is 1.11. The van der Waals surface area contributed by atoms with Crippen LogP contribution in [0, 0.1) is 0 Å². The highest BCUT2D eigenvalue weighted by atomic mass is 32.3. The third kappa shape index (κ3) is 5.18. The monoisotopic (exact) mass is 276 g/mol. The van der Waals surface area contributed by atoms with Crippen molar-refractivity contribution in [1.29, 1.82) is 0 Å². The summed E-state index contributed by atoms with van der Waals surface area (Å²) >= 11 is 0. The fourth-order valence-corrected chi connectivity index (χ4v) is 2.69. The Morgan fingerprint density at radius 2 is 1.25 bits per heavy atom. The summed E-state index contributed by atoms with van der Waals surface area (Å²) in [6.07, 6.45) is 0. The first-order chi connectivity index (χ1) is 7.12. The summed E-state index contributed by atoms with van der Waals surface area (Å²) in [4.78, 5) is 1.74. The minimum atomic E-state index is -4.97. The van der Waals surface area contributed by atoms with Crippen LogP contribution in [0.25, 0.3) is 0 Å². The molecule has 0 aliphatic carbocycles. The molecule has 0 saturated carbocycles. The molecule has 10 heteroatoms. The molecule has 0 bridgehead atoms. The zero-order valence-electron chi connectivity index (χ0n) is 9.07. The van der Waals surface area contributed by atoms with E-state index in [2.05, 4.69) is 0 Å². The van der Waals surface area contributed by atoms with Gasteiger partial charge in [-0.25, -0.2) is 0 Å². The van der Waals surface area contributed by atoms with Crippen LogP contribution in [0.1, 0.15) is 13.8 Å². The number of nitrogens with zero attached hydrogens (tertiary/aromatic N) is 2. The van der Waals surface area contributed by atoms with Crippen LogP contribution < -0.4 is 0 Å². The van der Waals surface area contributed by atoms with Gasteiger partial charge in [-0.2, -0.15) is 16.8 Å². The van der Waals surface area contributed by atoms with Crippen molar-refractivity contribution in [1.82, 2.24) is 8.61 Å². The van der Waals surface area contributed by atoms with Crippen LogP contribution in [0.5, 0.6) is 0 Å². The molecule has 0 aromatic carbocycles. The van der Waals surface area contributed by atoms with E-state index in [4.69, 9.17) is 9.11 Å². The summed E-state index contributed by atoms with van der Waals surface area (Å²) in [6, 6.07) is 0. The predicted octanol–water partition coefficient (Wildman–Crippen LogP) is -0.764. The average Bonchev–Trinajstić information content (AvgIpc) is 2.08. The molecule has 8 nitrogen and oxygen atoms in total. The second kappa shape index (κ2) is 5.89. The quantitative estimate of drug-likeness (QED) is 0.587. The number of hydrogen-bond acceptors (Lipinski definition) is 5. The molecular weight excluding hydrogens is 260 g/mol. The normalized spacial score (nSPS) is 13.6. The zero-order valence-corrected chi connectivity index (χ0v) is 10.7. The lowest BCUT2D eigenvalue weighted by molar-refractivity contribution is 0.283. The first kappa shape index (κ1) is 15.7. The Morgan fingerprint density at radius 3 is 1.50 bits per heavy atom. The van der Waals surface area contributed by atoms with E-state index in [0.29, 0.717) is 13.1 Å². The summed E-state index contributed by atoms with van der Waals surface area (Å²) in [6.45, 7) is 4.39. The van der Waals surface area contributed by atoms with Gasteiger partial charge in [-0.15, -0.1) is 0 Å². The predicted molar refractivity (Wildman–Crippen MR) is 57.6 cm³/mol. The second-order valence-electron chi connectivity index (χ2n) is 2.98. The molecule has 0 saturated heterocycles. The van der Waals surface area contributed by atoms with Gasteiger partial charge in [0.2, 0.25) is 0 Å². The van der Waals surface area contributed by atoms with Crippen LogP contribution in [-0.4, -0.2) is 60.7 Å². The number of hydrogen-bond donors (Lipinski definition) is 2. The number of likely N-dealkylation sites (N-methyl/N-ethyl adjacent to an activating group) is 1. The average molecular weight is 276 g/mol. The van der Waals surface area contributed by atoms with E-state index >= 15 is 0 Å². The standard InChI is InChI=1S/C6H16N2O6S2/c1-3-7(4-2)5-6-8(15(9,10)11)16(12,13)14/h3-6H2,1-2H3,(H,9,10,11)(H,12,13,14). The Morgan fingerprint density at radius 1 is 0.875 bits per heavy atom. The van der Waals surface area contributed by atoms with E-state index < -0.39 is 27.2 Å². The van der Waals surface area contributed by atoms with Crippen molar-refractivity contribution in [3.63, 3.8) is 0 Å². The van der Waals surface area contributed by atoms with Crippen LogP contribution in [-0.2, 0) is 20.6 Å². The molecule has 0 aliphatic heterocycles. The minimum Gasteiger partial charge on any atom is -0.303 e. The van der Waals surface area contributed by atoms with Gasteiger partial charge in [-0.3, -0.25) is 9.11 Å². The summed E-state index contributed by atoms with van der Waals surface area (Å²) in [5, 5.41) is 0. The molecule has 0 aromatic rings. The Hall–Kier alpha value is -0.260. The lowest BCUT2D eigenvalue weighted by Gasteiger charge is -2.21. The molecule has 98 valence electrons. The molecule has 0 radical (unpaired) electrons. The summed E-state index contributed by atoms with van der Waals surface area (Å²) < 4.78 is 59.6. The summed E-state index contributed by atoms with van der Waals surface area (Å²) in [5.41, 5.74) is 0. The van der Waals surface area contributed by atoms with Crippen LogP contribution in [0.15, 0.2) is 0 Å². The van der Waals surface area contributed by atoms with Crippen molar-refractivity contribution in [2.75, 3.05) is 26.2 Å². The highest BCUT2D eigenvalue weighted by molar-refractivity contribution is 7.98. The lowest BCUT2D eigenvalue weighted by Crippen LogP contribution is -2.41. The first-order valence-corrected chi connectivity index (χ1v) is 7.37. The summed E-state index contributed by atoms with van der Waals surface area (Å²) in [7, 11) is -9.93. The molecule has 0 spiro atoms. The fraction of sp³-hybridized carbons (Fsp3) is 1.00. The Balaban J connectivity index is 4.74. The van der Waals surface area contributed by atoms with Crippen molar-refractivity contribution in [2.24, 2.45) is 0 Å². The minimum absolute atomic E-state index is 0.0899. The molecule has 0 atom stereocenters. The van der Waals surface area contributed by atoms with E-state index in [1.807, 2.05) is 13.8 Å². The summed E-state index contributed by atoms with van der Waals surface area (Å²) in [5.74, 6) is 0. The van der Waals surface area contributed by atoms with Crippen LogP contribution >= 0.6 is 0 Å². The molecule has 0 aliphatic rings. The van der Waals surface area contributed by atoms with Crippen molar-refractivity contribution in [2.45, 2.75) is 13.8 Å². The van der Waals surface area contributed by atoms with Gasteiger partial charge in [0.25, 0.3) is 0 Å². The van der Waals surface area contributed by atoms with Gasteiger partial charge in [0.15, 0.2) is 0 Å². The Bertz CT molecular complexity index is 367. The maximum absolute atomic E-state index is 10.7. The molecule has 0 fully saturated rings. The molecule has 0 aromatic heterocycles. The Labute approximate surface area is 95.6 Å².